The van der Waals surface area contributed by atoms with Gasteiger partial charge in [0.1, 0.15) is 16.5 Å². The summed E-state index contributed by atoms with van der Waals surface area (Å²) in [4.78, 5) is 24.4. The van der Waals surface area contributed by atoms with E-state index in [1.807, 2.05) is 24.3 Å². The summed E-state index contributed by atoms with van der Waals surface area (Å²) in [7, 11) is 3.18. The van der Waals surface area contributed by atoms with Crippen molar-refractivity contribution >= 4 is 40.6 Å². The van der Waals surface area contributed by atoms with Gasteiger partial charge in [0.25, 0.3) is 5.91 Å². The van der Waals surface area contributed by atoms with Gasteiger partial charge in [-0.2, -0.15) is 0 Å². The number of aromatic nitrogens is 2. The summed E-state index contributed by atoms with van der Waals surface area (Å²) in [5.41, 5.74) is 1.56. The van der Waals surface area contributed by atoms with Crippen LogP contribution in [0.1, 0.15) is 20.4 Å². The van der Waals surface area contributed by atoms with Gasteiger partial charge in [0, 0.05) is 23.5 Å². The fourth-order valence-corrected chi connectivity index (χ4v) is 4.23. The second kappa shape index (κ2) is 11.3. The van der Waals surface area contributed by atoms with Crippen molar-refractivity contribution in [2.24, 2.45) is 0 Å². The zero-order chi connectivity index (χ0) is 22.1. The molecular formula is C21H22N4O4S2. The summed E-state index contributed by atoms with van der Waals surface area (Å²) in [6.07, 6.45) is 0. The Morgan fingerprint density at radius 1 is 1.03 bits per heavy atom. The maximum absolute atomic E-state index is 12.3. The van der Waals surface area contributed by atoms with E-state index in [0.717, 1.165) is 11.3 Å². The largest absolute Gasteiger partial charge is 0.497 e. The molecule has 0 spiro atoms. The normalized spacial score (nSPS) is 10.4. The SMILES string of the molecule is COc1ccc(NC(=O)c2nnc(CSCC(=O)NCc3ccccc3OC)s2)cc1. The van der Waals surface area contributed by atoms with Gasteiger partial charge in [0.05, 0.1) is 20.0 Å². The number of methoxy groups -OCH3 is 2. The quantitative estimate of drug-likeness (QED) is 0.480. The summed E-state index contributed by atoms with van der Waals surface area (Å²) >= 11 is 2.62. The average Bonchev–Trinajstić information content (AvgIpc) is 3.27. The Morgan fingerprint density at radius 2 is 1.81 bits per heavy atom. The van der Waals surface area contributed by atoms with Crippen molar-refractivity contribution in [3.05, 3.63) is 64.1 Å². The molecule has 0 atom stereocenters. The van der Waals surface area contributed by atoms with E-state index in [-0.39, 0.29) is 22.6 Å². The maximum atomic E-state index is 12.3. The van der Waals surface area contributed by atoms with Crippen LogP contribution in [0.5, 0.6) is 11.5 Å². The van der Waals surface area contributed by atoms with Crippen LogP contribution in [0.15, 0.2) is 48.5 Å². The van der Waals surface area contributed by atoms with Crippen LogP contribution in [0.25, 0.3) is 0 Å². The average molecular weight is 459 g/mol. The van der Waals surface area contributed by atoms with Gasteiger partial charge >= 0.3 is 0 Å². The second-order valence-electron chi connectivity index (χ2n) is 6.26. The molecule has 162 valence electrons. The first-order valence-corrected chi connectivity index (χ1v) is 11.3. The molecule has 0 aliphatic carbocycles. The van der Waals surface area contributed by atoms with Gasteiger partial charge in [-0.1, -0.05) is 29.5 Å². The van der Waals surface area contributed by atoms with E-state index < -0.39 is 0 Å². The van der Waals surface area contributed by atoms with Crippen molar-refractivity contribution in [2.45, 2.75) is 12.3 Å². The minimum Gasteiger partial charge on any atom is -0.497 e. The third kappa shape index (κ3) is 6.69. The molecule has 1 heterocycles. The number of benzene rings is 2. The van der Waals surface area contributed by atoms with Crippen molar-refractivity contribution in [3.63, 3.8) is 0 Å². The van der Waals surface area contributed by atoms with Gasteiger partial charge in [-0.3, -0.25) is 9.59 Å². The molecule has 2 N–H and O–H groups in total. The Morgan fingerprint density at radius 3 is 2.55 bits per heavy atom. The van der Waals surface area contributed by atoms with Crippen molar-refractivity contribution in [1.82, 2.24) is 15.5 Å². The van der Waals surface area contributed by atoms with Gasteiger partial charge < -0.3 is 20.1 Å². The number of anilines is 1. The van der Waals surface area contributed by atoms with Crippen LogP contribution < -0.4 is 20.1 Å². The zero-order valence-electron chi connectivity index (χ0n) is 17.1. The number of carbonyl (C=O) groups excluding carboxylic acids is 2. The van der Waals surface area contributed by atoms with Crippen LogP contribution in [0.2, 0.25) is 0 Å². The fourth-order valence-electron chi connectivity index (χ4n) is 2.59. The highest BCUT2D eigenvalue weighted by atomic mass is 32.2. The summed E-state index contributed by atoms with van der Waals surface area (Å²) < 4.78 is 10.4. The Bertz CT molecular complexity index is 1020. The van der Waals surface area contributed by atoms with Crippen LogP contribution in [0.4, 0.5) is 5.69 Å². The number of hydrogen-bond acceptors (Lipinski definition) is 8. The number of rotatable bonds is 10. The van der Waals surface area contributed by atoms with Crippen LogP contribution in [-0.2, 0) is 17.1 Å². The lowest BCUT2D eigenvalue weighted by molar-refractivity contribution is -0.118. The van der Waals surface area contributed by atoms with E-state index in [2.05, 4.69) is 20.8 Å². The number of amides is 2. The number of thioether (sulfide) groups is 1. The number of nitrogens with one attached hydrogen (secondary N) is 2. The molecule has 8 nitrogen and oxygen atoms in total. The van der Waals surface area contributed by atoms with Crippen molar-refractivity contribution < 1.29 is 19.1 Å². The minimum atomic E-state index is -0.325. The summed E-state index contributed by atoms with van der Waals surface area (Å²) in [5.74, 6) is 1.81. The molecule has 10 heteroatoms. The smallest absolute Gasteiger partial charge is 0.286 e. The van der Waals surface area contributed by atoms with Gasteiger partial charge in [-0.25, -0.2) is 0 Å². The molecule has 2 amide bonds. The van der Waals surface area contributed by atoms with E-state index in [4.69, 9.17) is 9.47 Å². The first kappa shape index (κ1) is 22.6. The van der Waals surface area contributed by atoms with Gasteiger partial charge in [0.15, 0.2) is 0 Å². The van der Waals surface area contributed by atoms with Gasteiger partial charge in [0.2, 0.25) is 10.9 Å². The third-order valence-corrected chi connectivity index (χ3v) is 6.18. The highest BCUT2D eigenvalue weighted by Crippen LogP contribution is 2.20. The first-order chi connectivity index (χ1) is 15.1. The molecule has 0 bridgehead atoms. The van der Waals surface area contributed by atoms with Crippen molar-refractivity contribution in [2.75, 3.05) is 25.3 Å². The van der Waals surface area contributed by atoms with Crippen LogP contribution in [0, 0.1) is 0 Å². The fraction of sp³-hybridized carbons (Fsp3) is 0.238. The van der Waals surface area contributed by atoms with Gasteiger partial charge in [-0.05, 0) is 30.3 Å². The number of ether oxygens (including phenoxy) is 2. The summed E-state index contributed by atoms with van der Waals surface area (Å²) in [6, 6.07) is 14.6. The Kier molecular flexibility index (Phi) is 8.25. The zero-order valence-corrected chi connectivity index (χ0v) is 18.7. The number of para-hydroxylation sites is 1. The van der Waals surface area contributed by atoms with E-state index in [0.29, 0.717) is 28.7 Å². The Labute approximate surface area is 188 Å². The molecule has 0 aliphatic heterocycles. The monoisotopic (exact) mass is 458 g/mol. The molecule has 3 aromatic rings. The molecule has 3 rings (SSSR count). The number of hydrogen-bond donors (Lipinski definition) is 2. The second-order valence-corrected chi connectivity index (χ2v) is 8.31. The van der Waals surface area contributed by atoms with Crippen molar-refractivity contribution in [3.8, 4) is 11.5 Å². The molecule has 2 aromatic carbocycles. The molecule has 0 aliphatic rings. The molecular weight excluding hydrogens is 436 g/mol. The Hall–Kier alpha value is -3.11. The highest BCUT2D eigenvalue weighted by molar-refractivity contribution is 7.99. The number of carbonyl (C=O) groups is 2. The molecule has 31 heavy (non-hydrogen) atoms. The first-order valence-electron chi connectivity index (χ1n) is 9.33. The van der Waals surface area contributed by atoms with Crippen LogP contribution >= 0.6 is 23.1 Å². The van der Waals surface area contributed by atoms with Crippen LogP contribution in [0.3, 0.4) is 0 Å². The lowest BCUT2D eigenvalue weighted by Gasteiger charge is -2.09. The molecule has 1 aromatic heterocycles. The standard InChI is InChI=1S/C21H22N4O4S2/c1-28-16-9-7-15(8-10-16)23-20(27)21-25-24-19(31-21)13-30-12-18(26)22-11-14-5-3-4-6-17(14)29-2/h3-10H,11-13H2,1-2H3,(H,22,26)(H,23,27). The van der Waals surface area contributed by atoms with E-state index >= 15 is 0 Å². The highest BCUT2D eigenvalue weighted by Gasteiger charge is 2.14. The Balaban J connectivity index is 1.42. The lowest BCUT2D eigenvalue weighted by atomic mass is 10.2. The lowest BCUT2D eigenvalue weighted by Crippen LogP contribution is -2.24. The van der Waals surface area contributed by atoms with E-state index in [9.17, 15) is 9.59 Å². The molecule has 0 saturated heterocycles. The maximum Gasteiger partial charge on any atom is 0.286 e. The molecule has 0 fully saturated rings. The molecule has 0 saturated carbocycles. The van der Waals surface area contributed by atoms with Crippen LogP contribution in [-0.4, -0.2) is 42.0 Å². The predicted octanol–water partition coefficient (Wildman–Crippen LogP) is 3.36. The summed E-state index contributed by atoms with van der Waals surface area (Å²) in [6.45, 7) is 0.401. The van der Waals surface area contributed by atoms with Crippen molar-refractivity contribution in [1.29, 1.82) is 0 Å². The number of nitrogens with zero attached hydrogens (tertiary/aromatic N) is 2. The predicted molar refractivity (Wildman–Crippen MR) is 122 cm³/mol. The molecule has 0 radical (unpaired) electrons. The van der Waals surface area contributed by atoms with E-state index in [1.54, 1.807) is 38.5 Å². The third-order valence-electron chi connectivity index (χ3n) is 4.14. The van der Waals surface area contributed by atoms with E-state index in [1.165, 1.54) is 23.1 Å². The minimum absolute atomic E-state index is 0.0853. The summed E-state index contributed by atoms with van der Waals surface area (Å²) in [5, 5.41) is 14.6. The molecule has 0 unspecified atom stereocenters. The topological polar surface area (TPSA) is 102 Å². The van der Waals surface area contributed by atoms with Gasteiger partial charge in [-0.15, -0.1) is 22.0 Å².